The van der Waals surface area contributed by atoms with Gasteiger partial charge in [-0.15, -0.1) is 0 Å². The van der Waals surface area contributed by atoms with Crippen LogP contribution in [0.1, 0.15) is 38.4 Å². The van der Waals surface area contributed by atoms with E-state index in [1.165, 1.54) is 30.0 Å². The lowest BCUT2D eigenvalue weighted by molar-refractivity contribution is 0.468. The average Bonchev–Trinajstić information content (AvgIpc) is 2.86. The number of aromatic nitrogens is 2. The molecule has 0 spiro atoms. The summed E-state index contributed by atoms with van der Waals surface area (Å²) in [6.45, 7) is 5.62. The minimum atomic E-state index is 0.426. The molecular formula is C14H25N3S2. The van der Waals surface area contributed by atoms with Gasteiger partial charge >= 0.3 is 0 Å². The largest absolute Gasteiger partial charge is 0.308 e. The molecule has 1 N–H and O–H groups in total. The second-order valence-corrected chi connectivity index (χ2v) is 7.60. The summed E-state index contributed by atoms with van der Waals surface area (Å²) in [6.07, 6.45) is 4.34. The maximum Gasteiger partial charge on any atom is 0.0623 e. The number of hydrogen-bond donors (Lipinski definition) is 1. The summed E-state index contributed by atoms with van der Waals surface area (Å²) in [5.74, 6) is 2.57. The van der Waals surface area contributed by atoms with Gasteiger partial charge in [-0.3, -0.25) is 4.68 Å². The molecule has 3 nitrogen and oxygen atoms in total. The van der Waals surface area contributed by atoms with Crippen molar-refractivity contribution in [3.05, 3.63) is 18.0 Å². The van der Waals surface area contributed by atoms with Gasteiger partial charge in [-0.1, -0.05) is 13.8 Å². The highest BCUT2D eigenvalue weighted by Crippen LogP contribution is 2.40. The van der Waals surface area contributed by atoms with Crippen LogP contribution in [0, 0.1) is 0 Å². The Morgan fingerprint density at radius 2 is 2.21 bits per heavy atom. The highest BCUT2D eigenvalue weighted by atomic mass is 32.2. The Labute approximate surface area is 125 Å². The average molecular weight is 300 g/mol. The summed E-state index contributed by atoms with van der Waals surface area (Å²) in [7, 11) is 2.05. The Morgan fingerprint density at radius 1 is 1.42 bits per heavy atom. The lowest BCUT2D eigenvalue weighted by Crippen LogP contribution is -2.40. The topological polar surface area (TPSA) is 29.9 Å². The number of nitrogens with one attached hydrogen (secondary N) is 1. The first-order valence-electron chi connectivity index (χ1n) is 7.22. The van der Waals surface area contributed by atoms with Crippen molar-refractivity contribution in [1.82, 2.24) is 15.1 Å². The van der Waals surface area contributed by atoms with Crippen LogP contribution in [0.25, 0.3) is 0 Å². The van der Waals surface area contributed by atoms with Crippen molar-refractivity contribution in [2.24, 2.45) is 7.05 Å². The molecule has 5 heteroatoms. The highest BCUT2D eigenvalue weighted by Gasteiger charge is 2.33. The minimum absolute atomic E-state index is 0.426. The molecule has 0 bridgehead atoms. The van der Waals surface area contributed by atoms with Gasteiger partial charge in [0.1, 0.15) is 0 Å². The highest BCUT2D eigenvalue weighted by molar-refractivity contribution is 8.07. The van der Waals surface area contributed by atoms with Crippen molar-refractivity contribution in [3.63, 3.8) is 0 Å². The van der Waals surface area contributed by atoms with Crippen LogP contribution in [-0.2, 0) is 7.05 Å². The van der Waals surface area contributed by atoms with Crippen LogP contribution in [0.3, 0.4) is 0 Å². The molecule has 2 rings (SSSR count). The number of thioether (sulfide) groups is 2. The first-order valence-corrected chi connectivity index (χ1v) is 9.32. The number of hydrogen-bond acceptors (Lipinski definition) is 4. The van der Waals surface area contributed by atoms with Crippen molar-refractivity contribution in [1.29, 1.82) is 0 Å². The summed E-state index contributed by atoms with van der Waals surface area (Å²) < 4.78 is 2.03. The first-order chi connectivity index (χ1) is 9.27. The summed E-state index contributed by atoms with van der Waals surface area (Å²) in [6, 6.07) is 2.59. The maximum absolute atomic E-state index is 4.35. The molecule has 0 saturated carbocycles. The quantitative estimate of drug-likeness (QED) is 0.874. The van der Waals surface area contributed by atoms with E-state index < -0.39 is 0 Å². The van der Waals surface area contributed by atoms with Crippen molar-refractivity contribution in [2.75, 3.05) is 18.1 Å². The van der Waals surface area contributed by atoms with E-state index in [4.69, 9.17) is 0 Å². The predicted molar refractivity (Wildman–Crippen MR) is 87.0 cm³/mol. The van der Waals surface area contributed by atoms with Crippen LogP contribution < -0.4 is 5.32 Å². The van der Waals surface area contributed by atoms with Crippen molar-refractivity contribution >= 4 is 23.5 Å². The molecule has 0 aliphatic carbocycles. The van der Waals surface area contributed by atoms with Crippen LogP contribution in [-0.4, -0.2) is 38.3 Å². The molecule has 3 unspecified atom stereocenters. The van der Waals surface area contributed by atoms with Crippen LogP contribution in [0.15, 0.2) is 12.3 Å². The molecule has 3 atom stereocenters. The van der Waals surface area contributed by atoms with Gasteiger partial charge in [-0.2, -0.15) is 28.6 Å². The molecule has 1 aromatic heterocycles. The van der Waals surface area contributed by atoms with E-state index >= 15 is 0 Å². The molecule has 1 fully saturated rings. The molecule has 108 valence electrons. The Balaban J connectivity index is 2.18. The monoisotopic (exact) mass is 299 g/mol. The molecular weight excluding hydrogens is 274 g/mol. The van der Waals surface area contributed by atoms with Crippen LogP contribution in [0.5, 0.6) is 0 Å². The van der Waals surface area contributed by atoms with E-state index in [0.29, 0.717) is 11.3 Å². The van der Waals surface area contributed by atoms with Gasteiger partial charge in [0.05, 0.1) is 11.7 Å². The van der Waals surface area contributed by atoms with Gasteiger partial charge in [0.2, 0.25) is 0 Å². The van der Waals surface area contributed by atoms with E-state index in [0.717, 1.165) is 11.8 Å². The normalized spacial score (nSPS) is 25.4. The second-order valence-electron chi connectivity index (χ2n) is 4.96. The van der Waals surface area contributed by atoms with Gasteiger partial charge in [0.25, 0.3) is 0 Å². The first kappa shape index (κ1) is 15.3. The van der Waals surface area contributed by atoms with Gasteiger partial charge in [-0.05, 0) is 25.5 Å². The zero-order valence-corrected chi connectivity index (χ0v) is 13.8. The molecule has 0 aromatic carbocycles. The van der Waals surface area contributed by atoms with Crippen molar-refractivity contribution in [3.8, 4) is 0 Å². The molecule has 1 aliphatic heterocycles. The van der Waals surface area contributed by atoms with E-state index in [1.807, 2.05) is 10.9 Å². The minimum Gasteiger partial charge on any atom is -0.308 e. The summed E-state index contributed by atoms with van der Waals surface area (Å²) >= 11 is 4.28. The lowest BCUT2D eigenvalue weighted by Gasteiger charge is -2.36. The fraction of sp³-hybridized carbons (Fsp3) is 0.786. The molecule has 1 aromatic rings. The molecule has 0 radical (unpaired) electrons. The molecule has 19 heavy (non-hydrogen) atoms. The Bertz CT molecular complexity index is 381. The van der Waals surface area contributed by atoms with Gasteiger partial charge in [0, 0.05) is 35.3 Å². The maximum atomic E-state index is 4.35. The van der Waals surface area contributed by atoms with Crippen molar-refractivity contribution < 1.29 is 0 Å². The van der Waals surface area contributed by atoms with Gasteiger partial charge in [-0.25, -0.2) is 0 Å². The van der Waals surface area contributed by atoms with Crippen LogP contribution in [0.4, 0.5) is 0 Å². The second kappa shape index (κ2) is 7.60. The summed E-state index contributed by atoms with van der Waals surface area (Å²) in [5, 5.41) is 9.51. The van der Waals surface area contributed by atoms with E-state index in [1.54, 1.807) is 0 Å². The fourth-order valence-corrected chi connectivity index (χ4v) is 5.86. The third kappa shape index (κ3) is 3.70. The number of aryl methyl sites for hydroxylation is 1. The van der Waals surface area contributed by atoms with E-state index in [2.05, 4.69) is 60.9 Å². The third-order valence-electron chi connectivity index (χ3n) is 3.61. The third-order valence-corrected chi connectivity index (χ3v) is 6.97. The zero-order valence-electron chi connectivity index (χ0n) is 12.1. The van der Waals surface area contributed by atoms with Gasteiger partial charge < -0.3 is 5.32 Å². The Hall–Kier alpha value is -0.130. The van der Waals surface area contributed by atoms with Crippen LogP contribution in [0.2, 0.25) is 0 Å². The standard InChI is InChI=1S/C14H25N3S2/c1-4-7-15-13(11-6-8-16-17(11)3)14-12(5-2)18-9-10-19-14/h6,8,12-15H,4-5,7,9-10H2,1-3H3. The summed E-state index contributed by atoms with van der Waals surface area (Å²) in [5.41, 5.74) is 1.33. The molecule has 0 amide bonds. The summed E-state index contributed by atoms with van der Waals surface area (Å²) in [4.78, 5) is 0. The van der Waals surface area contributed by atoms with Crippen molar-refractivity contribution in [2.45, 2.75) is 43.2 Å². The Morgan fingerprint density at radius 3 is 2.84 bits per heavy atom. The smallest absolute Gasteiger partial charge is 0.0623 e. The van der Waals surface area contributed by atoms with E-state index in [-0.39, 0.29) is 0 Å². The molecule has 1 saturated heterocycles. The van der Waals surface area contributed by atoms with E-state index in [9.17, 15) is 0 Å². The number of rotatable bonds is 6. The predicted octanol–water partition coefficient (Wildman–Crippen LogP) is 3.09. The SMILES string of the molecule is CCCNC(c1ccnn1C)C1SCCSC1CC. The zero-order chi connectivity index (χ0) is 13.7. The molecule has 2 heterocycles. The fourth-order valence-electron chi connectivity index (χ4n) is 2.62. The van der Waals surface area contributed by atoms with Crippen LogP contribution >= 0.6 is 23.5 Å². The number of nitrogens with zero attached hydrogens (tertiary/aromatic N) is 2. The van der Waals surface area contributed by atoms with Gasteiger partial charge in [0.15, 0.2) is 0 Å². The Kier molecular flexibility index (Phi) is 6.10. The molecule has 1 aliphatic rings. The lowest BCUT2D eigenvalue weighted by atomic mass is 10.1.